The maximum atomic E-state index is 11.6. The molecule has 3 heterocycles. The average molecular weight is 286 g/mol. The first-order valence-electron chi connectivity index (χ1n) is 5.94. The van der Waals surface area contributed by atoms with Crippen molar-refractivity contribution >= 4 is 33.2 Å². The van der Waals surface area contributed by atoms with Gasteiger partial charge in [-0.3, -0.25) is 0 Å². The third-order valence-electron chi connectivity index (χ3n) is 2.97. The predicted octanol–water partition coefficient (Wildman–Crippen LogP) is 2.15. The molecule has 0 atom stereocenters. The smallest absolute Gasteiger partial charge is 0.350 e. The summed E-state index contributed by atoms with van der Waals surface area (Å²) < 4.78 is 4.72. The van der Waals surface area contributed by atoms with Gasteiger partial charge in [-0.15, -0.1) is 11.3 Å². The Labute approximate surface area is 119 Å². The first kappa shape index (κ1) is 12.6. The Bertz CT molecular complexity index is 784. The number of aromatic amines is 1. The van der Waals surface area contributed by atoms with Gasteiger partial charge in [-0.25, -0.2) is 14.8 Å². The van der Waals surface area contributed by atoms with Crippen LogP contribution in [0, 0.1) is 0 Å². The highest BCUT2D eigenvalue weighted by atomic mass is 32.1. The minimum absolute atomic E-state index is 0.395. The standard InChI is InChI=1S/C14H11N3O2S/c1-19-14(18)12-11(15)9-4-5-10(17-13(9)20-12)8-3-2-6-16-7-8/h2-7H,15H2,1H3/p+1. The van der Waals surface area contributed by atoms with Crippen LogP contribution >= 0.6 is 11.3 Å². The van der Waals surface area contributed by atoms with Crippen LogP contribution in [0.5, 0.6) is 0 Å². The number of fused-ring (bicyclic) bond motifs is 1. The topological polar surface area (TPSA) is 79.3 Å². The fourth-order valence-electron chi connectivity index (χ4n) is 1.95. The van der Waals surface area contributed by atoms with Gasteiger partial charge in [0.15, 0.2) is 12.4 Å². The van der Waals surface area contributed by atoms with Gasteiger partial charge in [0.1, 0.15) is 9.71 Å². The van der Waals surface area contributed by atoms with Gasteiger partial charge in [0.25, 0.3) is 0 Å². The quantitative estimate of drug-likeness (QED) is 0.732. The van der Waals surface area contributed by atoms with E-state index in [1.807, 2.05) is 36.7 Å². The zero-order valence-corrected chi connectivity index (χ0v) is 11.5. The number of esters is 1. The lowest BCUT2D eigenvalue weighted by Crippen LogP contribution is -2.01. The molecular weight excluding hydrogens is 274 g/mol. The number of hydrogen-bond acceptors (Lipinski definition) is 5. The van der Waals surface area contributed by atoms with Crippen LogP contribution in [0.1, 0.15) is 9.67 Å². The molecule has 20 heavy (non-hydrogen) atoms. The van der Waals surface area contributed by atoms with Crippen molar-refractivity contribution in [2.24, 2.45) is 0 Å². The minimum Gasteiger partial charge on any atom is -0.465 e. The second-order valence-electron chi connectivity index (χ2n) is 4.18. The molecule has 0 spiro atoms. The van der Waals surface area contributed by atoms with Gasteiger partial charge in [-0.05, 0) is 18.2 Å². The van der Waals surface area contributed by atoms with Gasteiger partial charge < -0.3 is 10.5 Å². The Morgan fingerprint density at radius 3 is 2.95 bits per heavy atom. The second kappa shape index (κ2) is 4.90. The minimum atomic E-state index is -0.430. The van der Waals surface area contributed by atoms with Crippen LogP contribution in [0.4, 0.5) is 5.69 Å². The zero-order chi connectivity index (χ0) is 14.1. The lowest BCUT2D eigenvalue weighted by Gasteiger charge is -1.98. The molecule has 0 bridgehead atoms. The number of nitrogens with two attached hydrogens (primary N) is 1. The van der Waals surface area contributed by atoms with Gasteiger partial charge in [0.2, 0.25) is 0 Å². The molecule has 100 valence electrons. The lowest BCUT2D eigenvalue weighted by molar-refractivity contribution is -0.377. The number of nitrogens with zero attached hydrogens (tertiary/aromatic N) is 1. The molecule has 0 aromatic carbocycles. The monoisotopic (exact) mass is 286 g/mol. The number of nitrogen functional groups attached to an aromatic ring is 1. The van der Waals surface area contributed by atoms with E-state index in [9.17, 15) is 4.79 Å². The molecule has 0 aliphatic rings. The first-order chi connectivity index (χ1) is 9.70. The number of hydrogen-bond donors (Lipinski definition) is 1. The van der Waals surface area contributed by atoms with Gasteiger partial charge in [-0.2, -0.15) is 0 Å². The molecule has 0 saturated heterocycles. The van der Waals surface area contributed by atoms with Gasteiger partial charge >= 0.3 is 5.97 Å². The average Bonchev–Trinajstić information content (AvgIpc) is 2.84. The third kappa shape index (κ3) is 2.00. The number of H-pyrrole nitrogens is 1. The van der Waals surface area contributed by atoms with E-state index in [-0.39, 0.29) is 0 Å². The van der Waals surface area contributed by atoms with Crippen LogP contribution in [0.2, 0.25) is 0 Å². The van der Waals surface area contributed by atoms with E-state index >= 15 is 0 Å². The molecule has 0 unspecified atom stereocenters. The van der Waals surface area contributed by atoms with Crippen LogP contribution < -0.4 is 10.7 Å². The summed E-state index contributed by atoms with van der Waals surface area (Å²) in [7, 11) is 1.34. The maximum absolute atomic E-state index is 11.6. The number of carbonyl (C=O) groups is 1. The lowest BCUT2D eigenvalue weighted by atomic mass is 10.1. The summed E-state index contributed by atoms with van der Waals surface area (Å²) in [4.78, 5) is 20.3. The van der Waals surface area contributed by atoms with Crippen molar-refractivity contribution in [3.05, 3.63) is 41.5 Å². The first-order valence-corrected chi connectivity index (χ1v) is 6.76. The highest BCUT2D eigenvalue weighted by molar-refractivity contribution is 7.21. The van der Waals surface area contributed by atoms with Crippen molar-refractivity contribution < 1.29 is 14.5 Å². The van der Waals surface area contributed by atoms with E-state index in [0.717, 1.165) is 21.5 Å². The Kier molecular flexibility index (Phi) is 3.08. The zero-order valence-electron chi connectivity index (χ0n) is 10.7. The summed E-state index contributed by atoms with van der Waals surface area (Å²) in [6.45, 7) is 0. The van der Waals surface area contributed by atoms with E-state index in [4.69, 9.17) is 10.5 Å². The Morgan fingerprint density at radius 1 is 1.40 bits per heavy atom. The number of pyridine rings is 2. The van der Waals surface area contributed by atoms with E-state index in [2.05, 4.69) is 9.97 Å². The van der Waals surface area contributed by atoms with Crippen LogP contribution in [0.15, 0.2) is 36.7 Å². The van der Waals surface area contributed by atoms with E-state index in [0.29, 0.717) is 10.6 Å². The molecular formula is C14H12N3O2S+. The second-order valence-corrected chi connectivity index (χ2v) is 5.18. The third-order valence-corrected chi connectivity index (χ3v) is 4.06. The Hall–Kier alpha value is -2.47. The highest BCUT2D eigenvalue weighted by Crippen LogP contribution is 2.34. The van der Waals surface area contributed by atoms with Gasteiger partial charge in [0.05, 0.1) is 24.1 Å². The van der Waals surface area contributed by atoms with Crippen molar-refractivity contribution in [3.63, 3.8) is 0 Å². The number of nitrogens with one attached hydrogen (secondary N) is 1. The molecule has 3 aromatic heterocycles. The normalized spacial score (nSPS) is 10.7. The molecule has 0 aliphatic heterocycles. The van der Waals surface area contributed by atoms with E-state index in [1.165, 1.54) is 18.4 Å². The van der Waals surface area contributed by atoms with Crippen molar-refractivity contribution in [2.45, 2.75) is 0 Å². The van der Waals surface area contributed by atoms with Gasteiger partial charge in [0, 0.05) is 11.5 Å². The van der Waals surface area contributed by atoms with Crippen LogP contribution in [-0.4, -0.2) is 18.1 Å². The molecule has 3 N–H and O–H groups in total. The van der Waals surface area contributed by atoms with Crippen molar-refractivity contribution in [3.8, 4) is 11.3 Å². The summed E-state index contributed by atoms with van der Waals surface area (Å²) in [5.41, 5.74) is 8.19. The molecule has 0 saturated carbocycles. The summed E-state index contributed by atoms with van der Waals surface area (Å²) in [6, 6.07) is 7.63. The largest absolute Gasteiger partial charge is 0.465 e. The predicted molar refractivity (Wildman–Crippen MR) is 77.4 cm³/mol. The van der Waals surface area contributed by atoms with E-state index in [1.54, 1.807) is 0 Å². The molecule has 5 nitrogen and oxygen atoms in total. The number of methoxy groups -OCH3 is 1. The highest BCUT2D eigenvalue weighted by Gasteiger charge is 2.18. The van der Waals surface area contributed by atoms with Crippen molar-refractivity contribution in [1.29, 1.82) is 0 Å². The fraction of sp³-hybridized carbons (Fsp3) is 0.0714. The summed E-state index contributed by atoms with van der Waals surface area (Å²) in [5, 5.41) is 0.777. The molecule has 0 aliphatic carbocycles. The van der Waals surface area contributed by atoms with Gasteiger partial charge in [-0.1, -0.05) is 0 Å². The SMILES string of the molecule is COC(=O)c1sc2nc(-c3ccc[nH+]c3)ccc2c1N. The number of thiophene rings is 1. The number of carbonyl (C=O) groups excluding carboxylic acids is 1. The Morgan fingerprint density at radius 2 is 2.25 bits per heavy atom. The number of ether oxygens (including phenoxy) is 1. The summed E-state index contributed by atoms with van der Waals surface area (Å²) in [5.74, 6) is -0.430. The molecule has 0 radical (unpaired) electrons. The van der Waals surface area contributed by atoms with Crippen LogP contribution in [0.25, 0.3) is 21.5 Å². The number of anilines is 1. The summed E-state index contributed by atoms with van der Waals surface area (Å²) in [6.07, 6.45) is 3.70. The number of rotatable bonds is 2. The van der Waals surface area contributed by atoms with Crippen LogP contribution in [-0.2, 0) is 4.74 Å². The van der Waals surface area contributed by atoms with Crippen molar-refractivity contribution in [1.82, 2.24) is 4.98 Å². The molecule has 6 heteroatoms. The van der Waals surface area contributed by atoms with Crippen molar-refractivity contribution in [2.75, 3.05) is 12.8 Å². The molecule has 0 fully saturated rings. The maximum Gasteiger partial charge on any atom is 0.350 e. The van der Waals surface area contributed by atoms with Crippen LogP contribution in [0.3, 0.4) is 0 Å². The molecule has 0 amide bonds. The molecule has 3 aromatic rings. The summed E-state index contributed by atoms with van der Waals surface area (Å²) >= 11 is 1.24. The molecule has 3 rings (SSSR count). The fourth-order valence-corrected chi connectivity index (χ4v) is 2.97. The number of aromatic nitrogens is 2. The van der Waals surface area contributed by atoms with E-state index < -0.39 is 5.97 Å². The Balaban J connectivity index is 2.15.